The summed E-state index contributed by atoms with van der Waals surface area (Å²) in [6, 6.07) is 6.84. The van der Waals surface area contributed by atoms with E-state index in [0.29, 0.717) is 19.1 Å². The molecule has 142 valence electrons. The number of hydrogen-bond acceptors (Lipinski definition) is 4. The molecule has 0 unspecified atom stereocenters. The van der Waals surface area contributed by atoms with E-state index in [2.05, 4.69) is 30.6 Å². The van der Waals surface area contributed by atoms with E-state index in [1.807, 2.05) is 4.90 Å². The maximum Gasteiger partial charge on any atom is 0.318 e. The van der Waals surface area contributed by atoms with E-state index >= 15 is 0 Å². The van der Waals surface area contributed by atoms with E-state index < -0.39 is 4.92 Å². The molecule has 2 amide bonds. The Kier molecular flexibility index (Phi) is 7.15. The number of non-ortho nitro benzene ring substituents is 1. The third-order valence-electron chi connectivity index (χ3n) is 4.85. The lowest BCUT2D eigenvalue weighted by Gasteiger charge is -2.39. The van der Waals surface area contributed by atoms with Crippen molar-refractivity contribution in [3.8, 4) is 0 Å². The van der Waals surface area contributed by atoms with E-state index in [1.54, 1.807) is 18.2 Å². The summed E-state index contributed by atoms with van der Waals surface area (Å²) in [4.78, 5) is 27.2. The second-order valence-electron chi connectivity index (χ2n) is 6.88. The average molecular weight is 360 g/mol. The van der Waals surface area contributed by atoms with Crippen LogP contribution in [0.1, 0.15) is 32.3 Å². The van der Waals surface area contributed by atoms with Gasteiger partial charge in [-0.2, -0.15) is 0 Å². The number of nitrogens with one attached hydrogen (secondary N) is 1. The first-order valence-corrected chi connectivity index (χ1v) is 9.05. The number of nitro benzene ring substituents is 1. The number of amides is 2. The maximum atomic E-state index is 12.6. The van der Waals surface area contributed by atoms with Gasteiger partial charge in [-0.15, -0.1) is 6.58 Å². The van der Waals surface area contributed by atoms with Crippen LogP contribution in [0.4, 0.5) is 10.5 Å². The molecule has 1 aromatic rings. The molecule has 7 heteroatoms. The van der Waals surface area contributed by atoms with E-state index in [-0.39, 0.29) is 17.8 Å². The number of nitro groups is 1. The van der Waals surface area contributed by atoms with Gasteiger partial charge in [-0.3, -0.25) is 10.1 Å². The maximum absolute atomic E-state index is 12.6. The lowest BCUT2D eigenvalue weighted by atomic mass is 10.0. The van der Waals surface area contributed by atoms with Gasteiger partial charge in [0.1, 0.15) is 0 Å². The first-order chi connectivity index (χ1) is 12.4. The zero-order chi connectivity index (χ0) is 19.1. The largest absolute Gasteiger partial charge is 0.334 e. The monoisotopic (exact) mass is 360 g/mol. The normalized spacial score (nSPS) is 15.7. The average Bonchev–Trinajstić information content (AvgIpc) is 2.64. The molecule has 0 aromatic heterocycles. The SMILES string of the molecule is C=CCN(C(=O)NCc1ccc([N+](=O)[O-])cc1)C1CCN(C(C)C)CC1. The van der Waals surface area contributed by atoms with Crippen LogP contribution >= 0.6 is 0 Å². The van der Waals surface area contributed by atoms with Crippen molar-refractivity contribution in [2.24, 2.45) is 0 Å². The second kappa shape index (κ2) is 9.33. The number of hydrogen-bond donors (Lipinski definition) is 1. The third-order valence-corrected chi connectivity index (χ3v) is 4.85. The fourth-order valence-corrected chi connectivity index (χ4v) is 3.27. The Balaban J connectivity index is 1.91. The summed E-state index contributed by atoms with van der Waals surface area (Å²) < 4.78 is 0. The van der Waals surface area contributed by atoms with Crippen molar-refractivity contribution >= 4 is 11.7 Å². The minimum atomic E-state index is -0.433. The molecule has 0 aliphatic carbocycles. The van der Waals surface area contributed by atoms with Crippen molar-refractivity contribution in [2.75, 3.05) is 19.6 Å². The predicted molar refractivity (Wildman–Crippen MR) is 102 cm³/mol. The van der Waals surface area contributed by atoms with Crippen LogP contribution in [-0.4, -0.2) is 52.5 Å². The van der Waals surface area contributed by atoms with Crippen LogP contribution in [0.25, 0.3) is 0 Å². The number of carbonyl (C=O) groups is 1. The lowest BCUT2D eigenvalue weighted by molar-refractivity contribution is -0.384. The lowest BCUT2D eigenvalue weighted by Crippen LogP contribution is -2.51. The summed E-state index contributed by atoms with van der Waals surface area (Å²) in [6.45, 7) is 11.0. The smallest absolute Gasteiger partial charge is 0.318 e. The first kappa shape index (κ1) is 19.9. The zero-order valence-electron chi connectivity index (χ0n) is 15.6. The number of rotatable bonds is 7. The molecule has 0 spiro atoms. The van der Waals surface area contributed by atoms with E-state index in [4.69, 9.17) is 0 Å². The number of benzene rings is 1. The number of carbonyl (C=O) groups excluding carboxylic acids is 1. The quantitative estimate of drug-likeness (QED) is 0.460. The van der Waals surface area contributed by atoms with Crippen molar-refractivity contribution in [3.63, 3.8) is 0 Å². The van der Waals surface area contributed by atoms with Crippen LogP contribution in [-0.2, 0) is 6.54 Å². The number of likely N-dealkylation sites (tertiary alicyclic amines) is 1. The summed E-state index contributed by atoms with van der Waals surface area (Å²) in [7, 11) is 0. The van der Waals surface area contributed by atoms with Gasteiger partial charge in [0.25, 0.3) is 5.69 Å². The molecule has 1 heterocycles. The molecule has 0 saturated carbocycles. The van der Waals surface area contributed by atoms with Gasteiger partial charge in [-0.25, -0.2) is 4.79 Å². The summed E-state index contributed by atoms with van der Waals surface area (Å²) in [5, 5.41) is 13.6. The fourth-order valence-electron chi connectivity index (χ4n) is 3.27. The van der Waals surface area contributed by atoms with E-state index in [0.717, 1.165) is 31.5 Å². The van der Waals surface area contributed by atoms with Crippen LogP contribution in [0.3, 0.4) is 0 Å². The van der Waals surface area contributed by atoms with Gasteiger partial charge in [-0.05, 0) is 32.3 Å². The van der Waals surface area contributed by atoms with Crippen LogP contribution in [0.15, 0.2) is 36.9 Å². The molecule has 1 fully saturated rings. The second-order valence-corrected chi connectivity index (χ2v) is 6.88. The molecular weight excluding hydrogens is 332 g/mol. The summed E-state index contributed by atoms with van der Waals surface area (Å²) >= 11 is 0. The number of nitrogens with zero attached hydrogens (tertiary/aromatic N) is 3. The zero-order valence-corrected chi connectivity index (χ0v) is 15.6. The van der Waals surface area contributed by atoms with Gasteiger partial charge in [0.15, 0.2) is 0 Å². The number of urea groups is 1. The standard InChI is InChI=1S/C19H28N4O3/c1-4-11-22(17-9-12-21(13-10-17)15(2)3)19(24)20-14-16-5-7-18(8-6-16)23(25)26/h4-8,15,17H,1,9-14H2,2-3H3,(H,20,24). The van der Waals surface area contributed by atoms with Gasteiger partial charge in [0.2, 0.25) is 0 Å². The first-order valence-electron chi connectivity index (χ1n) is 9.05. The van der Waals surface area contributed by atoms with Gasteiger partial charge < -0.3 is 15.1 Å². The molecule has 1 aliphatic rings. The molecule has 2 rings (SSSR count). The molecule has 0 bridgehead atoms. The van der Waals surface area contributed by atoms with Gasteiger partial charge in [0.05, 0.1) is 4.92 Å². The van der Waals surface area contributed by atoms with Crippen molar-refractivity contribution in [2.45, 2.75) is 45.3 Å². The minimum absolute atomic E-state index is 0.0465. The van der Waals surface area contributed by atoms with Crippen LogP contribution < -0.4 is 5.32 Å². The van der Waals surface area contributed by atoms with Crippen molar-refractivity contribution < 1.29 is 9.72 Å². The highest BCUT2D eigenvalue weighted by molar-refractivity contribution is 5.74. The Morgan fingerprint density at radius 3 is 2.50 bits per heavy atom. The van der Waals surface area contributed by atoms with Gasteiger partial charge >= 0.3 is 6.03 Å². The molecule has 1 N–H and O–H groups in total. The molecular formula is C19H28N4O3. The van der Waals surface area contributed by atoms with Crippen molar-refractivity contribution in [3.05, 3.63) is 52.6 Å². The van der Waals surface area contributed by atoms with Gasteiger partial charge in [0, 0.05) is 50.4 Å². The molecule has 0 atom stereocenters. The van der Waals surface area contributed by atoms with Gasteiger partial charge in [-0.1, -0.05) is 18.2 Å². The van der Waals surface area contributed by atoms with Crippen LogP contribution in [0.2, 0.25) is 0 Å². The Hall–Kier alpha value is -2.41. The molecule has 1 aliphatic heterocycles. The van der Waals surface area contributed by atoms with E-state index in [9.17, 15) is 14.9 Å². The molecule has 0 radical (unpaired) electrons. The Labute approximate surface area is 154 Å². The summed E-state index contributed by atoms with van der Waals surface area (Å²) in [6.07, 6.45) is 3.66. The minimum Gasteiger partial charge on any atom is -0.334 e. The fraction of sp³-hybridized carbons (Fsp3) is 0.526. The summed E-state index contributed by atoms with van der Waals surface area (Å²) in [5.41, 5.74) is 0.877. The topological polar surface area (TPSA) is 78.7 Å². The predicted octanol–water partition coefficient (Wildman–Crippen LogP) is 3.17. The number of piperidine rings is 1. The Morgan fingerprint density at radius 1 is 1.38 bits per heavy atom. The Morgan fingerprint density at radius 2 is 2.00 bits per heavy atom. The van der Waals surface area contributed by atoms with Crippen LogP contribution in [0, 0.1) is 10.1 Å². The van der Waals surface area contributed by atoms with Crippen molar-refractivity contribution in [1.82, 2.24) is 15.1 Å². The highest BCUT2D eigenvalue weighted by atomic mass is 16.6. The van der Waals surface area contributed by atoms with E-state index in [1.165, 1.54) is 12.1 Å². The molecule has 7 nitrogen and oxygen atoms in total. The third kappa shape index (κ3) is 5.29. The molecule has 26 heavy (non-hydrogen) atoms. The Bertz CT molecular complexity index is 622. The highest BCUT2D eigenvalue weighted by Gasteiger charge is 2.27. The van der Waals surface area contributed by atoms with Crippen LogP contribution in [0.5, 0.6) is 0 Å². The van der Waals surface area contributed by atoms with Crippen molar-refractivity contribution in [1.29, 1.82) is 0 Å². The molecule has 1 saturated heterocycles. The highest BCUT2D eigenvalue weighted by Crippen LogP contribution is 2.19. The summed E-state index contributed by atoms with van der Waals surface area (Å²) in [5.74, 6) is 0. The molecule has 1 aromatic carbocycles.